The molecule has 31 heavy (non-hydrogen) atoms. The Bertz CT molecular complexity index is 964. The lowest BCUT2D eigenvalue weighted by molar-refractivity contribution is -0.123. The van der Waals surface area contributed by atoms with Gasteiger partial charge < -0.3 is 24.8 Å². The number of benzene rings is 2. The zero-order valence-corrected chi connectivity index (χ0v) is 18.3. The van der Waals surface area contributed by atoms with Crippen LogP contribution in [0.25, 0.3) is 0 Å². The van der Waals surface area contributed by atoms with E-state index in [1.165, 1.54) is 32.4 Å². The zero-order chi connectivity index (χ0) is 22.8. The van der Waals surface area contributed by atoms with Gasteiger partial charge >= 0.3 is 12.0 Å². The van der Waals surface area contributed by atoms with Gasteiger partial charge in [0.25, 0.3) is 11.8 Å². The molecule has 0 aliphatic rings. The highest BCUT2D eigenvalue weighted by atomic mass is 79.9. The topological polar surface area (TPSA) is 132 Å². The van der Waals surface area contributed by atoms with Crippen molar-refractivity contribution >= 4 is 45.4 Å². The second kappa shape index (κ2) is 11.6. The van der Waals surface area contributed by atoms with Gasteiger partial charge in [0.15, 0.2) is 24.7 Å². The van der Waals surface area contributed by atoms with Gasteiger partial charge in [-0.1, -0.05) is 15.9 Å². The van der Waals surface area contributed by atoms with Gasteiger partial charge in [0.1, 0.15) is 0 Å². The summed E-state index contributed by atoms with van der Waals surface area (Å²) in [5, 5.41) is 6.85. The van der Waals surface area contributed by atoms with Crippen LogP contribution in [0.1, 0.15) is 10.4 Å². The molecular weight excluding hydrogens is 474 g/mol. The fraction of sp³-hybridized carbons (Fsp3) is 0.200. The van der Waals surface area contributed by atoms with Crippen molar-refractivity contribution in [1.29, 1.82) is 0 Å². The maximum absolute atomic E-state index is 12.1. The minimum Gasteiger partial charge on any atom is -0.493 e. The summed E-state index contributed by atoms with van der Waals surface area (Å²) in [6.45, 7) is -0.918. The first-order chi connectivity index (χ1) is 14.8. The molecule has 2 rings (SSSR count). The van der Waals surface area contributed by atoms with E-state index in [1.54, 1.807) is 24.3 Å². The molecule has 0 bridgehead atoms. The van der Waals surface area contributed by atoms with Crippen LogP contribution >= 0.6 is 15.9 Å². The van der Waals surface area contributed by atoms with Gasteiger partial charge in [0.05, 0.1) is 12.7 Å². The Morgan fingerprint density at radius 1 is 0.935 bits per heavy atom. The quantitative estimate of drug-likeness (QED) is 0.479. The average Bonchev–Trinajstić information content (AvgIpc) is 2.77. The van der Waals surface area contributed by atoms with E-state index < -0.39 is 24.5 Å². The van der Waals surface area contributed by atoms with Crippen molar-refractivity contribution in [3.63, 3.8) is 0 Å². The molecule has 0 fully saturated rings. The zero-order valence-electron chi connectivity index (χ0n) is 16.7. The number of urea groups is 1. The third-order valence-electron chi connectivity index (χ3n) is 3.70. The minimum atomic E-state index is -0.801. The Morgan fingerprint density at radius 2 is 1.65 bits per heavy atom. The number of methoxy groups -OCH3 is 1. The van der Waals surface area contributed by atoms with Crippen LogP contribution < -0.4 is 25.4 Å². The summed E-state index contributed by atoms with van der Waals surface area (Å²) < 4.78 is 16.4. The van der Waals surface area contributed by atoms with Crippen LogP contribution in [0.4, 0.5) is 10.5 Å². The molecule has 0 heterocycles. The van der Waals surface area contributed by atoms with E-state index in [4.69, 9.17) is 14.2 Å². The van der Waals surface area contributed by atoms with Gasteiger partial charge in [-0.2, -0.15) is 0 Å². The maximum atomic E-state index is 12.1. The number of esters is 1. The summed E-state index contributed by atoms with van der Waals surface area (Å²) in [5.41, 5.74) is 0.707. The van der Waals surface area contributed by atoms with Crippen molar-refractivity contribution in [3.05, 3.63) is 52.5 Å². The lowest BCUT2D eigenvalue weighted by atomic mass is 10.2. The Kier molecular flexibility index (Phi) is 8.82. The third-order valence-corrected chi connectivity index (χ3v) is 4.23. The molecule has 10 nitrogen and oxygen atoms in total. The highest BCUT2D eigenvalue weighted by Gasteiger charge is 2.15. The highest BCUT2D eigenvalue weighted by Crippen LogP contribution is 2.28. The van der Waals surface area contributed by atoms with Crippen molar-refractivity contribution < 1.29 is 33.4 Å². The van der Waals surface area contributed by atoms with Gasteiger partial charge in [-0.3, -0.25) is 14.9 Å². The fourth-order valence-electron chi connectivity index (χ4n) is 2.23. The number of carbonyl (C=O) groups is 4. The van der Waals surface area contributed by atoms with Crippen LogP contribution in [0, 0.1) is 0 Å². The van der Waals surface area contributed by atoms with E-state index in [2.05, 4.69) is 26.6 Å². The van der Waals surface area contributed by atoms with Crippen LogP contribution in [0.3, 0.4) is 0 Å². The number of ether oxygens (including phenoxy) is 3. The number of imide groups is 1. The van der Waals surface area contributed by atoms with Crippen molar-refractivity contribution in [3.8, 4) is 11.5 Å². The van der Waals surface area contributed by atoms with Crippen LogP contribution in [0.15, 0.2) is 46.9 Å². The molecule has 2 aromatic carbocycles. The SMILES string of the molecule is CNC(=O)NC(=O)COC(=O)c1ccc(OCC(=O)Nc2ccc(Br)cc2)c(OC)c1. The number of anilines is 1. The molecule has 0 aromatic heterocycles. The smallest absolute Gasteiger partial charge is 0.338 e. The molecule has 4 amide bonds. The summed E-state index contributed by atoms with van der Waals surface area (Å²) in [7, 11) is 2.71. The predicted octanol–water partition coefficient (Wildman–Crippen LogP) is 2.09. The minimum absolute atomic E-state index is 0.0938. The first kappa shape index (κ1) is 23.7. The van der Waals surface area contributed by atoms with E-state index in [1.807, 2.05) is 5.32 Å². The molecule has 0 spiro atoms. The lowest BCUT2D eigenvalue weighted by Gasteiger charge is -2.12. The Labute approximate surface area is 186 Å². The number of hydrogen-bond acceptors (Lipinski definition) is 7. The van der Waals surface area contributed by atoms with Crippen molar-refractivity contribution in [2.75, 3.05) is 32.7 Å². The molecule has 164 valence electrons. The molecule has 0 atom stereocenters. The van der Waals surface area contributed by atoms with Gasteiger partial charge in [-0.15, -0.1) is 0 Å². The second-order valence-electron chi connectivity index (χ2n) is 5.91. The molecule has 11 heteroatoms. The molecule has 3 N–H and O–H groups in total. The molecule has 0 aliphatic heterocycles. The molecule has 0 saturated heterocycles. The Balaban J connectivity index is 1.92. The summed E-state index contributed by atoms with van der Waals surface area (Å²) >= 11 is 3.31. The van der Waals surface area contributed by atoms with Gasteiger partial charge in [0.2, 0.25) is 0 Å². The van der Waals surface area contributed by atoms with E-state index in [0.717, 1.165) is 4.47 Å². The van der Waals surface area contributed by atoms with Crippen molar-refractivity contribution in [1.82, 2.24) is 10.6 Å². The molecule has 0 saturated carbocycles. The van der Waals surface area contributed by atoms with Crippen molar-refractivity contribution in [2.45, 2.75) is 0 Å². The normalized spacial score (nSPS) is 9.90. The van der Waals surface area contributed by atoms with Gasteiger partial charge in [0, 0.05) is 17.2 Å². The lowest BCUT2D eigenvalue weighted by Crippen LogP contribution is -2.39. The molecule has 0 aliphatic carbocycles. The number of carbonyl (C=O) groups excluding carboxylic acids is 4. The molecule has 0 radical (unpaired) electrons. The third kappa shape index (κ3) is 7.63. The monoisotopic (exact) mass is 493 g/mol. The highest BCUT2D eigenvalue weighted by molar-refractivity contribution is 9.10. The number of halogens is 1. The second-order valence-corrected chi connectivity index (χ2v) is 6.83. The van der Waals surface area contributed by atoms with Crippen LogP contribution in [0.5, 0.6) is 11.5 Å². The summed E-state index contributed by atoms with van der Waals surface area (Å²) in [4.78, 5) is 46.7. The largest absolute Gasteiger partial charge is 0.493 e. The van der Waals surface area contributed by atoms with Gasteiger partial charge in [-0.25, -0.2) is 9.59 Å². The fourth-order valence-corrected chi connectivity index (χ4v) is 2.49. The molecule has 2 aromatic rings. The summed E-state index contributed by atoms with van der Waals surface area (Å²) in [5.74, 6) is -1.53. The van der Waals surface area contributed by atoms with Crippen LogP contribution in [0.2, 0.25) is 0 Å². The van der Waals surface area contributed by atoms with Crippen LogP contribution in [-0.4, -0.2) is 51.2 Å². The predicted molar refractivity (Wildman–Crippen MR) is 114 cm³/mol. The first-order valence-corrected chi connectivity index (χ1v) is 9.66. The Morgan fingerprint density at radius 3 is 2.29 bits per heavy atom. The summed E-state index contributed by atoms with van der Waals surface area (Å²) in [6, 6.07) is 10.5. The average molecular weight is 494 g/mol. The van der Waals surface area contributed by atoms with E-state index in [9.17, 15) is 19.2 Å². The number of hydrogen-bond donors (Lipinski definition) is 3. The molecule has 0 unspecified atom stereocenters. The van der Waals surface area contributed by atoms with Crippen molar-refractivity contribution in [2.24, 2.45) is 0 Å². The van der Waals surface area contributed by atoms with Gasteiger partial charge in [-0.05, 0) is 42.5 Å². The number of rotatable bonds is 8. The van der Waals surface area contributed by atoms with Crippen LogP contribution in [-0.2, 0) is 14.3 Å². The maximum Gasteiger partial charge on any atom is 0.338 e. The Hall–Kier alpha value is -3.60. The summed E-state index contributed by atoms with van der Waals surface area (Å²) in [6.07, 6.45) is 0. The molecular formula is C20H20BrN3O7. The van der Waals surface area contributed by atoms with E-state index >= 15 is 0 Å². The first-order valence-electron chi connectivity index (χ1n) is 8.87. The van der Waals surface area contributed by atoms with E-state index in [-0.39, 0.29) is 29.6 Å². The van der Waals surface area contributed by atoms with E-state index in [0.29, 0.717) is 5.69 Å². The number of nitrogens with one attached hydrogen (secondary N) is 3. The standard InChI is InChI=1S/C20H20BrN3O7/c1-22-20(28)24-18(26)11-31-19(27)12-3-8-15(16(9-12)29-2)30-10-17(25)23-14-6-4-13(21)5-7-14/h3-9H,10-11H2,1-2H3,(H,23,25)(H2,22,24,26,28). The number of amides is 4.